The van der Waals surface area contributed by atoms with Gasteiger partial charge in [-0.1, -0.05) is 0 Å². The molecule has 12 heteroatoms. The fraction of sp³-hybridized carbons (Fsp3) is 0.304. The number of amides is 1. The highest BCUT2D eigenvalue weighted by atomic mass is 32.2. The third kappa shape index (κ3) is 5.60. The van der Waals surface area contributed by atoms with Crippen molar-refractivity contribution in [3.8, 4) is 28.6 Å². The molecule has 4 heterocycles. The first-order valence-corrected chi connectivity index (χ1v) is 12.5. The standard InChI is InChI=1S/C23H25N5O6S/c1-13(29)25-19-10-17(26-20-8-14(32-4)9-21(28-20)35(5,30)31)15(11-24-19)16-6-7-18-22(27-16)34-23(2,3)12-33-18/h6-11H,12H2,1-5H3,(H2,24,25,26,28,29). The van der Waals surface area contributed by atoms with Crippen molar-refractivity contribution in [2.75, 3.05) is 30.6 Å². The van der Waals surface area contributed by atoms with Crippen molar-refractivity contribution in [2.45, 2.75) is 31.4 Å². The van der Waals surface area contributed by atoms with E-state index in [9.17, 15) is 13.2 Å². The van der Waals surface area contributed by atoms with Gasteiger partial charge in [-0.2, -0.15) is 0 Å². The largest absolute Gasteiger partial charge is 0.497 e. The predicted octanol–water partition coefficient (Wildman–Crippen LogP) is 3.20. The van der Waals surface area contributed by atoms with E-state index in [1.165, 1.54) is 26.3 Å². The van der Waals surface area contributed by atoms with Gasteiger partial charge in [0.2, 0.25) is 5.91 Å². The second kappa shape index (κ2) is 9.02. The van der Waals surface area contributed by atoms with Crippen LogP contribution in [0.4, 0.5) is 17.3 Å². The van der Waals surface area contributed by atoms with Crippen molar-refractivity contribution in [1.29, 1.82) is 0 Å². The third-order valence-corrected chi connectivity index (χ3v) is 5.88. The highest BCUT2D eigenvalue weighted by Crippen LogP contribution is 2.38. The minimum atomic E-state index is -3.60. The molecule has 0 saturated carbocycles. The Morgan fingerprint density at radius 1 is 1.14 bits per heavy atom. The van der Waals surface area contributed by atoms with Gasteiger partial charge in [-0.25, -0.2) is 23.4 Å². The van der Waals surface area contributed by atoms with Crippen LogP contribution in [0.15, 0.2) is 41.6 Å². The second-order valence-electron chi connectivity index (χ2n) is 8.57. The molecule has 0 spiro atoms. The fourth-order valence-corrected chi connectivity index (χ4v) is 3.90. The first kappa shape index (κ1) is 24.2. The molecule has 2 N–H and O–H groups in total. The van der Waals surface area contributed by atoms with Crippen molar-refractivity contribution in [1.82, 2.24) is 15.0 Å². The van der Waals surface area contributed by atoms with E-state index in [0.29, 0.717) is 40.9 Å². The lowest BCUT2D eigenvalue weighted by molar-refractivity contribution is -0.114. The molecule has 0 bridgehead atoms. The van der Waals surface area contributed by atoms with Crippen molar-refractivity contribution < 1.29 is 27.4 Å². The van der Waals surface area contributed by atoms with Gasteiger partial charge in [-0.05, 0) is 26.0 Å². The molecule has 35 heavy (non-hydrogen) atoms. The summed E-state index contributed by atoms with van der Waals surface area (Å²) in [7, 11) is -2.17. The van der Waals surface area contributed by atoms with E-state index in [0.717, 1.165) is 6.26 Å². The van der Waals surface area contributed by atoms with Gasteiger partial charge < -0.3 is 24.8 Å². The molecule has 0 atom stereocenters. The lowest BCUT2D eigenvalue weighted by atomic mass is 10.1. The molecule has 0 saturated heterocycles. The summed E-state index contributed by atoms with van der Waals surface area (Å²) in [5, 5.41) is 5.59. The molecular formula is C23H25N5O6S. The molecule has 1 amide bonds. The number of methoxy groups -OCH3 is 1. The number of carbonyl (C=O) groups excluding carboxylic acids is 1. The molecule has 4 rings (SSSR count). The van der Waals surface area contributed by atoms with E-state index < -0.39 is 15.4 Å². The van der Waals surface area contributed by atoms with Gasteiger partial charge in [0.05, 0.1) is 18.5 Å². The molecule has 0 unspecified atom stereocenters. The highest BCUT2D eigenvalue weighted by Gasteiger charge is 2.29. The number of fused-ring (bicyclic) bond motifs is 1. The summed E-state index contributed by atoms with van der Waals surface area (Å²) in [4.78, 5) is 24.7. The summed E-state index contributed by atoms with van der Waals surface area (Å²) >= 11 is 0. The predicted molar refractivity (Wildman–Crippen MR) is 129 cm³/mol. The number of hydrogen-bond acceptors (Lipinski definition) is 10. The molecule has 3 aromatic rings. The van der Waals surface area contributed by atoms with Gasteiger partial charge in [0.15, 0.2) is 20.6 Å². The number of anilines is 3. The Kier molecular flexibility index (Phi) is 6.24. The average Bonchev–Trinajstić information content (AvgIpc) is 2.77. The summed E-state index contributed by atoms with van der Waals surface area (Å²) in [5.41, 5.74) is 0.993. The number of sulfone groups is 1. The van der Waals surface area contributed by atoms with Crippen LogP contribution in [0.3, 0.4) is 0 Å². The zero-order valence-corrected chi connectivity index (χ0v) is 20.7. The van der Waals surface area contributed by atoms with Crippen LogP contribution in [-0.4, -0.2) is 54.9 Å². The summed E-state index contributed by atoms with van der Waals surface area (Å²) < 4.78 is 41.2. The molecule has 0 aliphatic carbocycles. The Hall–Kier alpha value is -3.93. The molecule has 0 aromatic carbocycles. The monoisotopic (exact) mass is 499 g/mol. The number of aromatic nitrogens is 3. The van der Waals surface area contributed by atoms with E-state index in [1.54, 1.807) is 24.3 Å². The zero-order chi connectivity index (χ0) is 25.4. The molecule has 1 aliphatic heterocycles. The summed E-state index contributed by atoms with van der Waals surface area (Å²) in [6.07, 6.45) is 2.60. The fourth-order valence-electron chi connectivity index (χ4n) is 3.31. The molecule has 3 aromatic heterocycles. The SMILES string of the molecule is COc1cc(Nc2cc(NC(C)=O)ncc2-c2ccc3c(n2)OC(C)(C)CO3)nc(S(C)(=O)=O)c1. The molecular weight excluding hydrogens is 474 g/mol. The van der Waals surface area contributed by atoms with Crippen LogP contribution >= 0.6 is 0 Å². The van der Waals surface area contributed by atoms with Crippen LogP contribution in [-0.2, 0) is 14.6 Å². The Morgan fingerprint density at radius 2 is 1.91 bits per heavy atom. The lowest BCUT2D eigenvalue weighted by Crippen LogP contribution is -2.39. The maximum absolute atomic E-state index is 12.1. The molecule has 1 aliphatic rings. The Bertz CT molecular complexity index is 1410. The van der Waals surface area contributed by atoms with E-state index in [2.05, 4.69) is 25.6 Å². The average molecular weight is 500 g/mol. The molecule has 0 radical (unpaired) electrons. The number of nitrogens with one attached hydrogen (secondary N) is 2. The number of carbonyl (C=O) groups is 1. The third-order valence-electron chi connectivity index (χ3n) is 4.91. The summed E-state index contributed by atoms with van der Waals surface area (Å²) in [6, 6.07) is 7.99. The van der Waals surface area contributed by atoms with Crippen LogP contribution < -0.4 is 24.8 Å². The first-order chi connectivity index (χ1) is 16.4. The Morgan fingerprint density at radius 3 is 2.60 bits per heavy atom. The smallest absolute Gasteiger partial charge is 0.258 e. The minimum absolute atomic E-state index is 0.156. The maximum atomic E-state index is 12.1. The minimum Gasteiger partial charge on any atom is -0.497 e. The van der Waals surface area contributed by atoms with Gasteiger partial charge in [-0.15, -0.1) is 0 Å². The molecule has 184 valence electrons. The van der Waals surface area contributed by atoms with E-state index in [4.69, 9.17) is 14.2 Å². The van der Waals surface area contributed by atoms with Crippen LogP contribution in [0.1, 0.15) is 20.8 Å². The number of hydrogen-bond donors (Lipinski definition) is 2. The maximum Gasteiger partial charge on any atom is 0.258 e. The van der Waals surface area contributed by atoms with Crippen molar-refractivity contribution in [2.24, 2.45) is 0 Å². The topological polar surface area (TPSA) is 142 Å². The lowest BCUT2D eigenvalue weighted by Gasteiger charge is -2.31. The van der Waals surface area contributed by atoms with Crippen LogP contribution in [0.2, 0.25) is 0 Å². The van der Waals surface area contributed by atoms with E-state index in [1.807, 2.05) is 13.8 Å². The zero-order valence-electron chi connectivity index (χ0n) is 19.9. The number of rotatable bonds is 6. The number of pyridine rings is 3. The first-order valence-electron chi connectivity index (χ1n) is 10.6. The normalized spacial score (nSPS) is 14.2. The van der Waals surface area contributed by atoms with Crippen molar-refractivity contribution >= 4 is 33.1 Å². The second-order valence-corrected chi connectivity index (χ2v) is 10.5. The van der Waals surface area contributed by atoms with Gasteiger partial charge in [0.1, 0.15) is 29.6 Å². The Balaban J connectivity index is 1.81. The Labute approximate surface area is 202 Å². The highest BCUT2D eigenvalue weighted by molar-refractivity contribution is 7.90. The number of ether oxygens (including phenoxy) is 3. The van der Waals surface area contributed by atoms with Crippen LogP contribution in [0.25, 0.3) is 11.3 Å². The summed E-state index contributed by atoms with van der Waals surface area (Å²) in [5.74, 6) is 1.38. The molecule has 11 nitrogen and oxygen atoms in total. The quantitative estimate of drug-likeness (QED) is 0.519. The van der Waals surface area contributed by atoms with Gasteiger partial charge in [0.25, 0.3) is 5.88 Å². The van der Waals surface area contributed by atoms with Crippen LogP contribution in [0.5, 0.6) is 17.4 Å². The van der Waals surface area contributed by atoms with Gasteiger partial charge in [0, 0.05) is 43.1 Å². The van der Waals surface area contributed by atoms with Crippen molar-refractivity contribution in [3.05, 3.63) is 36.5 Å². The number of nitrogens with zero attached hydrogens (tertiary/aromatic N) is 3. The van der Waals surface area contributed by atoms with Gasteiger partial charge in [-0.3, -0.25) is 4.79 Å². The summed E-state index contributed by atoms with van der Waals surface area (Å²) in [6.45, 7) is 5.56. The van der Waals surface area contributed by atoms with E-state index >= 15 is 0 Å². The van der Waals surface area contributed by atoms with E-state index in [-0.39, 0.29) is 22.6 Å². The van der Waals surface area contributed by atoms with Crippen molar-refractivity contribution in [3.63, 3.8) is 0 Å². The molecule has 0 fully saturated rings. The van der Waals surface area contributed by atoms with Crippen LogP contribution in [0, 0.1) is 0 Å². The van der Waals surface area contributed by atoms with Gasteiger partial charge >= 0.3 is 0 Å².